The maximum absolute atomic E-state index is 12.9. The number of methoxy groups -OCH3 is 2. The molecule has 0 amide bonds. The fourth-order valence-corrected chi connectivity index (χ4v) is 2.49. The standard InChI is InChI=1S/C21H28FN3O4.HI/c1-4-23-21(24-12-15-5-10-19(27-2)20(11-15)28-3)25-13-17(26)14-29-18-8-6-16(22)7-9-18;/h5-11,17,26H,4,12-14H2,1-3H3,(H2,23,24,25);1H. The van der Waals surface area contributed by atoms with E-state index in [1.807, 2.05) is 25.1 Å². The van der Waals surface area contributed by atoms with Gasteiger partial charge >= 0.3 is 0 Å². The van der Waals surface area contributed by atoms with Crippen LogP contribution in [0.15, 0.2) is 47.5 Å². The normalized spacial score (nSPS) is 11.8. The summed E-state index contributed by atoms with van der Waals surface area (Å²) in [4.78, 5) is 4.52. The van der Waals surface area contributed by atoms with Crippen molar-refractivity contribution in [3.05, 3.63) is 53.8 Å². The number of nitrogens with one attached hydrogen (secondary N) is 2. The van der Waals surface area contributed by atoms with Crippen LogP contribution in [0.4, 0.5) is 4.39 Å². The molecule has 0 aromatic heterocycles. The number of guanidine groups is 1. The van der Waals surface area contributed by atoms with Crippen LogP contribution in [0.1, 0.15) is 12.5 Å². The second-order valence-electron chi connectivity index (χ2n) is 6.18. The number of aliphatic hydroxyl groups is 1. The Kier molecular flexibility index (Phi) is 11.9. The Morgan fingerprint density at radius 1 is 1.07 bits per heavy atom. The Morgan fingerprint density at radius 2 is 1.77 bits per heavy atom. The highest BCUT2D eigenvalue weighted by Crippen LogP contribution is 2.27. The average Bonchev–Trinajstić information content (AvgIpc) is 2.75. The summed E-state index contributed by atoms with van der Waals surface area (Å²) in [7, 11) is 3.18. The Bertz CT molecular complexity index is 790. The molecule has 2 rings (SSSR count). The summed E-state index contributed by atoms with van der Waals surface area (Å²) in [6, 6.07) is 11.3. The molecule has 0 aliphatic rings. The number of aliphatic imine (C=N–C) groups is 1. The number of halogens is 2. The predicted octanol–water partition coefficient (Wildman–Crippen LogP) is 2.96. The van der Waals surface area contributed by atoms with Crippen LogP contribution in [-0.4, -0.2) is 51.1 Å². The highest BCUT2D eigenvalue weighted by atomic mass is 127. The van der Waals surface area contributed by atoms with Gasteiger partial charge in [0, 0.05) is 13.1 Å². The summed E-state index contributed by atoms with van der Waals surface area (Å²) in [5.74, 6) is 2.05. The van der Waals surface area contributed by atoms with E-state index in [0.717, 1.165) is 5.56 Å². The minimum absolute atomic E-state index is 0. The number of rotatable bonds is 10. The molecule has 3 N–H and O–H groups in total. The molecule has 0 bridgehead atoms. The summed E-state index contributed by atoms with van der Waals surface area (Å²) in [5, 5.41) is 16.3. The quantitative estimate of drug-likeness (QED) is 0.248. The van der Waals surface area contributed by atoms with Crippen LogP contribution < -0.4 is 24.8 Å². The van der Waals surface area contributed by atoms with Gasteiger partial charge in [0.2, 0.25) is 0 Å². The Morgan fingerprint density at radius 3 is 2.40 bits per heavy atom. The molecule has 0 aliphatic heterocycles. The Hall–Kier alpha value is -2.27. The average molecular weight is 533 g/mol. The van der Waals surface area contributed by atoms with Crippen molar-refractivity contribution in [2.75, 3.05) is 33.9 Å². The molecule has 0 spiro atoms. The van der Waals surface area contributed by atoms with E-state index in [0.29, 0.717) is 36.3 Å². The lowest BCUT2D eigenvalue weighted by molar-refractivity contribution is 0.110. The molecule has 0 heterocycles. The predicted molar refractivity (Wildman–Crippen MR) is 126 cm³/mol. The van der Waals surface area contributed by atoms with Crippen molar-refractivity contribution < 1.29 is 23.7 Å². The Labute approximate surface area is 193 Å². The van der Waals surface area contributed by atoms with Crippen LogP contribution in [-0.2, 0) is 6.54 Å². The molecule has 0 saturated heterocycles. The van der Waals surface area contributed by atoms with Crippen molar-refractivity contribution in [1.29, 1.82) is 0 Å². The van der Waals surface area contributed by atoms with Gasteiger partial charge in [0.25, 0.3) is 0 Å². The van der Waals surface area contributed by atoms with Crippen LogP contribution in [0.3, 0.4) is 0 Å². The molecular weight excluding hydrogens is 504 g/mol. The van der Waals surface area contributed by atoms with Gasteiger partial charge in [-0.3, -0.25) is 0 Å². The second-order valence-corrected chi connectivity index (χ2v) is 6.18. The molecule has 0 saturated carbocycles. The highest BCUT2D eigenvalue weighted by Gasteiger charge is 2.08. The largest absolute Gasteiger partial charge is 0.493 e. The van der Waals surface area contributed by atoms with Gasteiger partial charge in [-0.2, -0.15) is 0 Å². The first-order valence-electron chi connectivity index (χ1n) is 9.35. The molecule has 0 radical (unpaired) electrons. The number of ether oxygens (including phenoxy) is 3. The lowest BCUT2D eigenvalue weighted by Gasteiger charge is -2.16. The summed E-state index contributed by atoms with van der Waals surface area (Å²) in [5.41, 5.74) is 0.958. The van der Waals surface area contributed by atoms with E-state index >= 15 is 0 Å². The van der Waals surface area contributed by atoms with Crippen molar-refractivity contribution in [2.24, 2.45) is 4.99 Å². The maximum Gasteiger partial charge on any atom is 0.191 e. The SMILES string of the molecule is CCNC(=NCc1ccc(OC)c(OC)c1)NCC(O)COc1ccc(F)cc1.I. The van der Waals surface area contributed by atoms with Gasteiger partial charge in [-0.15, -0.1) is 24.0 Å². The molecule has 166 valence electrons. The van der Waals surface area contributed by atoms with Crippen LogP contribution in [0.25, 0.3) is 0 Å². The van der Waals surface area contributed by atoms with Crippen molar-refractivity contribution in [1.82, 2.24) is 10.6 Å². The molecule has 2 aromatic rings. The first-order valence-corrected chi connectivity index (χ1v) is 9.35. The maximum atomic E-state index is 12.9. The third-order valence-corrected chi connectivity index (χ3v) is 3.97. The van der Waals surface area contributed by atoms with Gasteiger partial charge in [0.05, 0.1) is 20.8 Å². The minimum Gasteiger partial charge on any atom is -0.493 e. The molecule has 30 heavy (non-hydrogen) atoms. The third-order valence-electron chi connectivity index (χ3n) is 3.97. The fraction of sp³-hybridized carbons (Fsp3) is 0.381. The number of benzene rings is 2. The minimum atomic E-state index is -0.759. The van der Waals surface area contributed by atoms with Crippen LogP contribution in [0, 0.1) is 5.82 Å². The summed E-state index contributed by atoms with van der Waals surface area (Å²) in [6.45, 7) is 3.40. The highest BCUT2D eigenvalue weighted by molar-refractivity contribution is 14.0. The number of aliphatic hydroxyl groups excluding tert-OH is 1. The first kappa shape index (κ1) is 25.8. The van der Waals surface area contributed by atoms with Crippen molar-refractivity contribution >= 4 is 29.9 Å². The van der Waals surface area contributed by atoms with Crippen molar-refractivity contribution in [3.8, 4) is 17.2 Å². The fourth-order valence-electron chi connectivity index (χ4n) is 2.49. The Balaban J connectivity index is 0.00000450. The molecule has 1 unspecified atom stereocenters. The third kappa shape index (κ3) is 8.62. The van der Waals surface area contributed by atoms with Crippen LogP contribution in [0.5, 0.6) is 17.2 Å². The van der Waals surface area contributed by atoms with E-state index in [2.05, 4.69) is 15.6 Å². The van der Waals surface area contributed by atoms with E-state index in [4.69, 9.17) is 14.2 Å². The molecule has 2 aromatic carbocycles. The van der Waals surface area contributed by atoms with Crippen LogP contribution >= 0.6 is 24.0 Å². The number of nitrogens with zero attached hydrogens (tertiary/aromatic N) is 1. The van der Waals surface area contributed by atoms with Gasteiger partial charge in [-0.25, -0.2) is 9.38 Å². The zero-order chi connectivity index (χ0) is 21.1. The van der Waals surface area contributed by atoms with Gasteiger partial charge in [-0.1, -0.05) is 6.07 Å². The zero-order valence-electron chi connectivity index (χ0n) is 17.4. The summed E-state index contributed by atoms with van der Waals surface area (Å²) in [6.07, 6.45) is -0.759. The summed E-state index contributed by atoms with van der Waals surface area (Å²) >= 11 is 0. The van der Waals surface area contributed by atoms with E-state index in [1.165, 1.54) is 24.3 Å². The topological polar surface area (TPSA) is 84.3 Å². The smallest absolute Gasteiger partial charge is 0.191 e. The number of hydrogen-bond acceptors (Lipinski definition) is 5. The van der Waals surface area contributed by atoms with Crippen LogP contribution in [0.2, 0.25) is 0 Å². The van der Waals surface area contributed by atoms with Gasteiger partial charge in [-0.05, 0) is 48.9 Å². The molecule has 0 fully saturated rings. The lowest BCUT2D eigenvalue weighted by atomic mass is 10.2. The van der Waals surface area contributed by atoms with Crippen molar-refractivity contribution in [3.63, 3.8) is 0 Å². The van der Waals surface area contributed by atoms with Gasteiger partial charge < -0.3 is 30.0 Å². The monoisotopic (exact) mass is 533 g/mol. The molecule has 7 nitrogen and oxygen atoms in total. The van der Waals surface area contributed by atoms with E-state index in [1.54, 1.807) is 14.2 Å². The second kappa shape index (κ2) is 13.9. The molecule has 9 heteroatoms. The molecular formula is C21H29FIN3O4. The number of hydrogen-bond donors (Lipinski definition) is 3. The van der Waals surface area contributed by atoms with E-state index < -0.39 is 6.10 Å². The van der Waals surface area contributed by atoms with Gasteiger partial charge in [0.15, 0.2) is 17.5 Å². The summed E-state index contributed by atoms with van der Waals surface area (Å²) < 4.78 is 28.9. The van der Waals surface area contributed by atoms with Crippen molar-refractivity contribution in [2.45, 2.75) is 19.6 Å². The van der Waals surface area contributed by atoms with Gasteiger partial charge in [0.1, 0.15) is 24.3 Å². The molecule has 1 atom stereocenters. The first-order chi connectivity index (χ1) is 14.0. The van der Waals surface area contributed by atoms with E-state index in [9.17, 15) is 9.50 Å². The van der Waals surface area contributed by atoms with E-state index in [-0.39, 0.29) is 42.9 Å². The zero-order valence-corrected chi connectivity index (χ0v) is 19.7. The lowest BCUT2D eigenvalue weighted by Crippen LogP contribution is -2.42. The molecule has 0 aliphatic carbocycles.